The van der Waals surface area contributed by atoms with E-state index in [1.165, 1.54) is 23.5 Å². The molecule has 280 valence electrons. The van der Waals surface area contributed by atoms with Gasteiger partial charge in [0.2, 0.25) is 5.88 Å². The maximum absolute atomic E-state index is 16.4. The molecule has 1 heterocycles. The molecule has 0 N–H and O–H groups in total. The van der Waals surface area contributed by atoms with Crippen molar-refractivity contribution in [3.8, 4) is 6.07 Å². The second-order valence-electron chi connectivity index (χ2n) is 14.6. The summed E-state index contributed by atoms with van der Waals surface area (Å²) in [6, 6.07) is 5.47. The Morgan fingerprint density at radius 3 is 2.20 bits per heavy atom. The van der Waals surface area contributed by atoms with E-state index in [4.69, 9.17) is 9.73 Å². The van der Waals surface area contributed by atoms with Crippen LogP contribution in [0.3, 0.4) is 0 Å². The van der Waals surface area contributed by atoms with Crippen molar-refractivity contribution in [2.45, 2.75) is 127 Å². The summed E-state index contributed by atoms with van der Waals surface area (Å²) in [7, 11) is 2.07. The lowest BCUT2D eigenvalue weighted by Crippen LogP contribution is -2.36. The molecule has 0 aliphatic heterocycles. The molecule has 0 amide bonds. The minimum atomic E-state index is -0.459. The van der Waals surface area contributed by atoms with Gasteiger partial charge in [-0.1, -0.05) is 81.2 Å². The van der Waals surface area contributed by atoms with Gasteiger partial charge < -0.3 is 14.4 Å². The van der Waals surface area contributed by atoms with Gasteiger partial charge in [-0.25, -0.2) is 13.8 Å². The Morgan fingerprint density at radius 1 is 1.02 bits per heavy atom. The first kappa shape index (κ1) is 43.6. The first-order valence-corrected chi connectivity index (χ1v) is 19.4. The summed E-state index contributed by atoms with van der Waals surface area (Å²) in [5, 5.41) is 10.6. The second-order valence-corrected chi connectivity index (χ2v) is 15.7. The molecule has 0 spiro atoms. The van der Waals surface area contributed by atoms with Crippen LogP contribution in [0, 0.1) is 34.9 Å². The highest BCUT2D eigenvalue weighted by Crippen LogP contribution is 2.43. The van der Waals surface area contributed by atoms with Crippen molar-refractivity contribution < 1.29 is 18.3 Å². The number of ketones is 1. The van der Waals surface area contributed by atoms with Crippen molar-refractivity contribution in [3.63, 3.8) is 0 Å². The lowest BCUT2D eigenvalue weighted by atomic mass is 9.89. The predicted molar refractivity (Wildman–Crippen MR) is 213 cm³/mol. The number of ether oxygens (including phenoxy) is 1. The Balaban J connectivity index is 0.00000168. The number of nitrogens with zero attached hydrogens (tertiary/aromatic N) is 3. The number of carbonyl (C=O) groups excluding carboxylic acids is 1. The monoisotopic (exact) mass is 721 g/mol. The minimum Gasteiger partial charge on any atom is -0.478 e. The van der Waals surface area contributed by atoms with Gasteiger partial charge in [0.25, 0.3) is 0 Å². The topological polar surface area (TPSA) is 65.7 Å². The highest BCUT2D eigenvalue weighted by Gasteiger charge is 2.28. The van der Waals surface area contributed by atoms with E-state index in [0.717, 1.165) is 42.7 Å². The van der Waals surface area contributed by atoms with Gasteiger partial charge in [0.1, 0.15) is 23.5 Å². The van der Waals surface area contributed by atoms with Crippen molar-refractivity contribution in [2.24, 2.45) is 22.7 Å². The molecule has 8 heteroatoms. The normalized spacial score (nSPS) is 16.6. The van der Waals surface area contributed by atoms with Crippen LogP contribution in [0.5, 0.6) is 0 Å². The van der Waals surface area contributed by atoms with Crippen molar-refractivity contribution >= 4 is 38.5 Å². The van der Waals surface area contributed by atoms with Crippen LogP contribution < -0.4 is 0 Å². The van der Waals surface area contributed by atoms with Crippen molar-refractivity contribution in [3.05, 3.63) is 75.7 Å². The van der Waals surface area contributed by atoms with Gasteiger partial charge in [-0.2, -0.15) is 5.26 Å². The van der Waals surface area contributed by atoms with E-state index in [1.54, 1.807) is 19.1 Å². The molecule has 0 saturated carbocycles. The smallest absolute Gasteiger partial charge is 0.206 e. The third-order valence-corrected chi connectivity index (χ3v) is 11.2. The quantitative estimate of drug-likeness (QED) is 0.162. The molecule has 0 radical (unpaired) electrons. The molecule has 1 aliphatic carbocycles. The number of hydrogen-bond donors (Lipinski definition) is 0. The number of rotatable bonds is 16. The largest absolute Gasteiger partial charge is 0.478 e. The number of benzene rings is 1. The molecule has 5 nitrogen and oxygen atoms in total. The van der Waals surface area contributed by atoms with Gasteiger partial charge in [0.15, 0.2) is 0 Å². The van der Waals surface area contributed by atoms with Gasteiger partial charge in [-0.05, 0) is 87.1 Å². The zero-order chi connectivity index (χ0) is 38.6. The Labute approximate surface area is 310 Å². The number of allylic oxidation sites excluding steroid dienone is 6. The molecule has 0 fully saturated rings. The number of hydrogen-bond acceptors (Lipinski definition) is 6. The van der Waals surface area contributed by atoms with Crippen LogP contribution >= 0.6 is 11.3 Å². The number of halogens is 2. The molecular weight excluding hydrogens is 661 g/mol. The molecular formula is C43H61F2N3O2S. The van der Waals surface area contributed by atoms with Gasteiger partial charge in [-0.3, -0.25) is 0 Å². The summed E-state index contributed by atoms with van der Waals surface area (Å²) in [5.41, 5.74) is 3.20. The molecule has 1 aromatic heterocycles. The SMILES string of the molecule is C=C(/N=C1/C=C(c2ccc(F)c3sc(C(C)C)c(C#N)c23)C(F)=C/C1=C(/C)N(C)C(CCC(C)CC)C(C)C)OCC(C)CCC.CCC(C)=O. The number of fused-ring (bicyclic) bond motifs is 1. The number of carbonyl (C=O) groups is 1. The molecule has 2 aromatic rings. The predicted octanol–water partition coefficient (Wildman–Crippen LogP) is 12.7. The average Bonchev–Trinajstić information content (AvgIpc) is 3.49. The fourth-order valence-electron chi connectivity index (χ4n) is 6.14. The Hall–Kier alpha value is -3.57. The summed E-state index contributed by atoms with van der Waals surface area (Å²) in [5.74, 6) is 1.03. The summed E-state index contributed by atoms with van der Waals surface area (Å²) in [4.78, 5) is 17.7. The average molecular weight is 722 g/mol. The molecule has 3 unspecified atom stereocenters. The van der Waals surface area contributed by atoms with Crippen LogP contribution in [0.4, 0.5) is 8.78 Å². The van der Waals surface area contributed by atoms with Gasteiger partial charge in [0.05, 0.1) is 22.6 Å². The molecule has 3 rings (SSSR count). The van der Waals surface area contributed by atoms with E-state index in [-0.39, 0.29) is 29.2 Å². The zero-order valence-electron chi connectivity index (χ0n) is 33.2. The van der Waals surface area contributed by atoms with E-state index < -0.39 is 11.6 Å². The van der Waals surface area contributed by atoms with Crippen LogP contribution in [0.1, 0.15) is 137 Å². The Morgan fingerprint density at radius 2 is 1.67 bits per heavy atom. The van der Waals surface area contributed by atoms with Gasteiger partial charge in [-0.15, -0.1) is 11.3 Å². The van der Waals surface area contributed by atoms with E-state index in [0.29, 0.717) is 63.3 Å². The van der Waals surface area contributed by atoms with E-state index in [9.17, 15) is 10.1 Å². The fourth-order valence-corrected chi connectivity index (χ4v) is 7.32. The summed E-state index contributed by atoms with van der Waals surface area (Å²) in [6.07, 6.45) is 9.27. The summed E-state index contributed by atoms with van der Waals surface area (Å²) in [6.45, 7) is 27.2. The summed E-state index contributed by atoms with van der Waals surface area (Å²) < 4.78 is 37.9. The number of thiophene rings is 1. The van der Waals surface area contributed by atoms with Gasteiger partial charge >= 0.3 is 0 Å². The lowest BCUT2D eigenvalue weighted by Gasteiger charge is -2.36. The fraction of sp³-hybridized carbons (Fsp3) is 0.558. The molecule has 1 aromatic carbocycles. The molecule has 3 atom stereocenters. The lowest BCUT2D eigenvalue weighted by molar-refractivity contribution is -0.116. The van der Waals surface area contributed by atoms with E-state index >= 15 is 8.78 Å². The maximum Gasteiger partial charge on any atom is 0.206 e. The van der Waals surface area contributed by atoms with Crippen LogP contribution in [-0.4, -0.2) is 36.1 Å². The van der Waals surface area contributed by atoms with Gasteiger partial charge in [0, 0.05) is 46.6 Å². The third-order valence-electron chi connectivity index (χ3n) is 9.73. The Bertz CT molecular complexity index is 1690. The molecule has 51 heavy (non-hydrogen) atoms. The standard InChI is InChI=1S/C39H53F2N3OS.C4H8O/c1-12-14-26(8)22-45-28(10)43-35-20-31(29-16-17-33(40)39-37(29)32(21-42)38(46-39)24(5)6)34(41)19-30(35)27(9)44(11)36(23(3)4)18-15-25(7)13-2;1-3-4(2)5/h16-17,19-20,23-26,36H,10,12-15,18,22H2,1-9,11H3;3H2,1-2H3/b30-27+,43-35-;. The van der Waals surface area contributed by atoms with Crippen molar-refractivity contribution in [1.29, 1.82) is 5.26 Å². The Kier molecular flexibility index (Phi) is 17.5. The van der Waals surface area contributed by atoms with Crippen molar-refractivity contribution in [2.75, 3.05) is 13.7 Å². The molecule has 1 aliphatic rings. The first-order chi connectivity index (χ1) is 24.0. The molecule has 0 bridgehead atoms. The van der Waals surface area contributed by atoms with Crippen LogP contribution in [0.25, 0.3) is 15.7 Å². The number of aliphatic imine (C=N–C) groups is 1. The molecule has 0 saturated heterocycles. The highest BCUT2D eigenvalue weighted by molar-refractivity contribution is 7.19. The third kappa shape index (κ3) is 11.7. The zero-order valence-corrected chi connectivity index (χ0v) is 34.0. The maximum atomic E-state index is 16.4. The summed E-state index contributed by atoms with van der Waals surface area (Å²) >= 11 is 1.26. The highest BCUT2D eigenvalue weighted by atomic mass is 32.1. The van der Waals surface area contributed by atoms with Crippen LogP contribution in [0.15, 0.2) is 58.8 Å². The van der Waals surface area contributed by atoms with E-state index in [1.807, 2.05) is 27.7 Å². The minimum absolute atomic E-state index is 0.0228. The van der Waals surface area contributed by atoms with Crippen LogP contribution in [-0.2, 0) is 9.53 Å². The first-order valence-electron chi connectivity index (χ1n) is 18.6. The van der Waals surface area contributed by atoms with Crippen molar-refractivity contribution in [1.82, 2.24) is 4.90 Å². The second kappa shape index (κ2) is 20.5. The number of nitriles is 1. The number of Topliss-reactive ketones (excluding diaryl/α,β-unsaturated/α-hetero) is 1. The van der Waals surface area contributed by atoms with Crippen LogP contribution in [0.2, 0.25) is 0 Å². The van der Waals surface area contributed by atoms with E-state index in [2.05, 4.69) is 66.1 Å².